The first-order valence-electron chi connectivity index (χ1n) is 18.3. The molecule has 5 aliphatic carbocycles. The zero-order valence-corrected chi connectivity index (χ0v) is 28.4. The van der Waals surface area contributed by atoms with Crippen LogP contribution in [0.2, 0.25) is 0 Å². The van der Waals surface area contributed by atoms with Gasteiger partial charge in [0.05, 0.1) is 11.8 Å². The summed E-state index contributed by atoms with van der Waals surface area (Å²) in [4.78, 5) is 38.9. The van der Waals surface area contributed by atoms with Gasteiger partial charge in [-0.05, 0) is 141 Å². The molecule has 4 heteroatoms. The van der Waals surface area contributed by atoms with E-state index >= 15 is 0 Å². The molecule has 4 fully saturated rings. The van der Waals surface area contributed by atoms with Crippen LogP contribution in [0.1, 0.15) is 153 Å². The van der Waals surface area contributed by atoms with Crippen molar-refractivity contribution >= 4 is 17.5 Å². The lowest BCUT2D eigenvalue weighted by Crippen LogP contribution is -2.53. The minimum Gasteiger partial charge on any atom is -0.431 e. The fourth-order valence-electron chi connectivity index (χ4n) is 11.7. The second-order valence-corrected chi connectivity index (χ2v) is 16.3. The van der Waals surface area contributed by atoms with Crippen molar-refractivity contribution in [2.45, 2.75) is 111 Å². The van der Waals surface area contributed by atoms with Crippen molar-refractivity contribution in [1.29, 1.82) is 0 Å². The lowest BCUT2D eigenvalue weighted by atomic mass is 9.44. The van der Waals surface area contributed by atoms with Crippen LogP contribution >= 0.6 is 0 Å². The van der Waals surface area contributed by atoms with Crippen LogP contribution in [-0.2, 0) is 4.74 Å². The largest absolute Gasteiger partial charge is 0.431 e. The molecular formula is C42H52O4. The molecule has 0 N–H and O–H groups in total. The number of hydrogen-bond acceptors (Lipinski definition) is 4. The maximum Gasteiger partial charge on any atom is 0.342 e. The highest BCUT2D eigenvalue weighted by atomic mass is 16.5. The van der Waals surface area contributed by atoms with Gasteiger partial charge in [0.25, 0.3) is 0 Å². The Morgan fingerprint density at radius 2 is 1.57 bits per heavy atom. The van der Waals surface area contributed by atoms with E-state index in [-0.39, 0.29) is 22.7 Å². The molecule has 2 aromatic carbocycles. The number of ketones is 2. The summed E-state index contributed by atoms with van der Waals surface area (Å²) in [6.45, 7) is 9.89. The van der Waals surface area contributed by atoms with Crippen LogP contribution in [0, 0.1) is 46.3 Å². The van der Waals surface area contributed by atoms with Gasteiger partial charge in [-0.15, -0.1) is 0 Å². The average Bonchev–Trinajstić information content (AvgIpc) is 3.43. The fourth-order valence-corrected chi connectivity index (χ4v) is 11.7. The zero-order chi connectivity index (χ0) is 32.2. The quantitative estimate of drug-likeness (QED) is 0.195. The smallest absolute Gasteiger partial charge is 0.342 e. The number of ether oxygens (including phenoxy) is 1. The third kappa shape index (κ3) is 5.23. The maximum absolute atomic E-state index is 13.1. The minimum atomic E-state index is -0.508. The highest BCUT2D eigenvalue weighted by Gasteiger charge is 2.60. The van der Waals surface area contributed by atoms with E-state index < -0.39 is 5.97 Å². The summed E-state index contributed by atoms with van der Waals surface area (Å²) >= 11 is 0. The van der Waals surface area contributed by atoms with Crippen LogP contribution in [0.5, 0.6) is 0 Å². The molecule has 8 atom stereocenters. The van der Waals surface area contributed by atoms with Gasteiger partial charge >= 0.3 is 5.97 Å². The van der Waals surface area contributed by atoms with E-state index in [4.69, 9.17) is 4.74 Å². The van der Waals surface area contributed by atoms with Gasteiger partial charge in [0, 0.05) is 22.3 Å². The zero-order valence-electron chi connectivity index (χ0n) is 28.4. The molecule has 1 unspecified atom stereocenters. The summed E-state index contributed by atoms with van der Waals surface area (Å²) in [5.74, 6) is 4.44. The Bertz CT molecular complexity index is 1570. The number of rotatable bonds is 7. The van der Waals surface area contributed by atoms with E-state index in [1.807, 2.05) is 6.92 Å². The Morgan fingerprint density at radius 3 is 2.35 bits per heavy atom. The van der Waals surface area contributed by atoms with Crippen LogP contribution in [-0.4, -0.2) is 17.5 Å². The molecule has 0 aliphatic heterocycles. The highest BCUT2D eigenvalue weighted by Crippen LogP contribution is 2.68. The maximum atomic E-state index is 13.1. The summed E-state index contributed by atoms with van der Waals surface area (Å²) in [6.07, 6.45) is 19.4. The Kier molecular flexibility index (Phi) is 8.39. The topological polar surface area (TPSA) is 60.4 Å². The van der Waals surface area contributed by atoms with Gasteiger partial charge in [0.2, 0.25) is 0 Å². The molecule has 4 nitrogen and oxygen atoms in total. The van der Waals surface area contributed by atoms with Gasteiger partial charge in [0.1, 0.15) is 0 Å². The van der Waals surface area contributed by atoms with E-state index in [0.29, 0.717) is 33.4 Å². The van der Waals surface area contributed by atoms with Crippen molar-refractivity contribution in [3.05, 3.63) is 82.1 Å². The lowest BCUT2D eigenvalue weighted by Gasteiger charge is -2.61. The first-order chi connectivity index (χ1) is 22.1. The minimum absolute atomic E-state index is 0.189. The van der Waals surface area contributed by atoms with E-state index in [9.17, 15) is 14.4 Å². The number of fused-ring (bicyclic) bond motifs is 7. The highest BCUT2D eigenvalue weighted by molar-refractivity contribution is 6.28. The Hall–Kier alpha value is -3.01. The van der Waals surface area contributed by atoms with Crippen LogP contribution in [0.4, 0.5) is 0 Å². The van der Waals surface area contributed by atoms with E-state index in [2.05, 4.69) is 20.8 Å². The second-order valence-electron chi connectivity index (χ2n) is 16.3. The van der Waals surface area contributed by atoms with Crippen LogP contribution < -0.4 is 0 Å². The average molecular weight is 621 g/mol. The van der Waals surface area contributed by atoms with E-state index in [0.717, 1.165) is 48.0 Å². The van der Waals surface area contributed by atoms with Gasteiger partial charge in [-0.2, -0.15) is 0 Å². The molecule has 0 saturated heterocycles. The predicted molar refractivity (Wildman–Crippen MR) is 182 cm³/mol. The molecule has 0 aromatic heterocycles. The van der Waals surface area contributed by atoms with Gasteiger partial charge < -0.3 is 4.74 Å². The van der Waals surface area contributed by atoms with Crippen LogP contribution in [0.25, 0.3) is 0 Å². The van der Waals surface area contributed by atoms with E-state index in [1.165, 1.54) is 76.7 Å². The first-order valence-corrected chi connectivity index (χ1v) is 18.3. The molecule has 4 saturated carbocycles. The van der Waals surface area contributed by atoms with Crippen molar-refractivity contribution in [3.63, 3.8) is 0 Å². The molecule has 0 heterocycles. The second kappa shape index (κ2) is 12.2. The van der Waals surface area contributed by atoms with Gasteiger partial charge in [-0.3, -0.25) is 9.59 Å². The Labute approximate surface area is 275 Å². The van der Waals surface area contributed by atoms with Crippen LogP contribution in [0.3, 0.4) is 0 Å². The lowest BCUT2D eigenvalue weighted by molar-refractivity contribution is -0.114. The SMILES string of the molecule is CC(=COC(=O)c1ccc2c(c1)C(=O)c1ccccc1C2=O)CCC[C@@H](C)[C@H]1CC[C@H]2[C@@H]3CCC4CCCC[C@]4(C)[C@H]3CC[C@]12C. The number of benzene rings is 2. The molecule has 2 aromatic rings. The Balaban J connectivity index is 0.926. The summed E-state index contributed by atoms with van der Waals surface area (Å²) in [5, 5.41) is 0. The number of hydrogen-bond donors (Lipinski definition) is 0. The predicted octanol–water partition coefficient (Wildman–Crippen LogP) is 10.4. The molecule has 0 spiro atoms. The molecule has 0 bridgehead atoms. The van der Waals surface area contributed by atoms with Gasteiger partial charge in [-0.25, -0.2) is 4.79 Å². The summed E-state index contributed by atoms with van der Waals surface area (Å²) in [5.41, 5.74) is 3.83. The summed E-state index contributed by atoms with van der Waals surface area (Å²) in [7, 11) is 0. The third-order valence-corrected chi connectivity index (χ3v) is 14.1. The fraction of sp³-hybridized carbons (Fsp3) is 0.595. The molecule has 0 amide bonds. The molecular weight excluding hydrogens is 568 g/mol. The van der Waals surface area contributed by atoms with Crippen molar-refractivity contribution in [2.24, 2.45) is 46.3 Å². The van der Waals surface area contributed by atoms with Crippen molar-refractivity contribution in [2.75, 3.05) is 0 Å². The Morgan fingerprint density at radius 1 is 0.848 bits per heavy atom. The summed E-state index contributed by atoms with van der Waals surface area (Å²) in [6, 6.07) is 11.5. The standard InChI is InChI=1S/C42H52O4/c1-26(25-46-40(45)28-15-17-32-34(24-28)39(44)31-14-6-5-13-30(31)38(32)43)10-9-11-27(2)35-19-20-36-33-18-16-29-12-7-8-22-41(29,3)37(33)21-23-42(35,36)4/h5-6,13-15,17,24-25,27,29,33,35-37H,7-12,16,18-23H2,1-4H3/t27-,29?,33+,35-,36+,37+,41+,42-/m1/s1. The van der Waals surface area contributed by atoms with Crippen LogP contribution in [0.15, 0.2) is 54.3 Å². The monoisotopic (exact) mass is 620 g/mol. The van der Waals surface area contributed by atoms with Crippen molar-refractivity contribution in [1.82, 2.24) is 0 Å². The molecule has 7 rings (SSSR count). The molecule has 0 radical (unpaired) electrons. The number of allylic oxidation sites excluding steroid dienone is 1. The van der Waals surface area contributed by atoms with E-state index in [1.54, 1.807) is 42.7 Å². The summed E-state index contributed by atoms with van der Waals surface area (Å²) < 4.78 is 5.56. The number of carbonyl (C=O) groups is 3. The normalized spacial score (nSPS) is 34.1. The third-order valence-electron chi connectivity index (χ3n) is 14.1. The van der Waals surface area contributed by atoms with Gasteiger partial charge in [0.15, 0.2) is 11.6 Å². The number of carbonyl (C=O) groups excluding carboxylic acids is 3. The number of esters is 1. The first kappa shape index (κ1) is 31.6. The van der Waals surface area contributed by atoms with Crippen molar-refractivity contribution in [3.8, 4) is 0 Å². The van der Waals surface area contributed by atoms with Gasteiger partial charge in [-0.1, -0.05) is 64.3 Å². The van der Waals surface area contributed by atoms with Crippen molar-refractivity contribution < 1.29 is 19.1 Å². The molecule has 244 valence electrons. The molecule has 46 heavy (non-hydrogen) atoms. The molecule has 5 aliphatic rings.